The van der Waals surface area contributed by atoms with E-state index >= 15 is 0 Å². The van der Waals surface area contributed by atoms with Crippen molar-refractivity contribution in [2.45, 2.75) is 37.9 Å². The van der Waals surface area contributed by atoms with Gasteiger partial charge in [-0.3, -0.25) is 24.1 Å². The predicted octanol–water partition coefficient (Wildman–Crippen LogP) is 5.43. The molecule has 0 spiro atoms. The molecule has 1 unspecified atom stereocenters. The number of phenolic OH excluding ortho intramolecular Hbond substituents is 2. The molecule has 6 aromatic rings. The van der Waals surface area contributed by atoms with Gasteiger partial charge in [-0.05, 0) is 92.1 Å². The van der Waals surface area contributed by atoms with Gasteiger partial charge in [0.1, 0.15) is 23.1 Å². The van der Waals surface area contributed by atoms with Gasteiger partial charge in [0.05, 0.1) is 40.4 Å². The summed E-state index contributed by atoms with van der Waals surface area (Å²) in [7, 11) is 0. The molecule has 0 aliphatic carbocycles. The van der Waals surface area contributed by atoms with Crippen LogP contribution in [0, 0.1) is 0 Å². The Kier molecular flexibility index (Phi) is 7.49. The van der Waals surface area contributed by atoms with Gasteiger partial charge in [-0.15, -0.1) is 0 Å². The lowest BCUT2D eigenvalue weighted by Gasteiger charge is -2.29. The number of hydrogen-bond acceptors (Lipinski definition) is 9. The summed E-state index contributed by atoms with van der Waals surface area (Å²) in [5, 5.41) is 29.1. The minimum absolute atomic E-state index is 0.124. The van der Waals surface area contributed by atoms with Crippen LogP contribution in [-0.4, -0.2) is 41.4 Å². The van der Waals surface area contributed by atoms with Gasteiger partial charge >= 0.3 is 0 Å². The van der Waals surface area contributed by atoms with E-state index in [1.54, 1.807) is 69.8 Å². The van der Waals surface area contributed by atoms with Crippen molar-refractivity contribution in [2.75, 3.05) is 6.54 Å². The highest BCUT2D eigenvalue weighted by atomic mass is 16.3. The summed E-state index contributed by atoms with van der Waals surface area (Å²) in [6.07, 6.45) is 1.99. The van der Waals surface area contributed by atoms with Gasteiger partial charge < -0.3 is 10.2 Å². The van der Waals surface area contributed by atoms with E-state index in [0.717, 1.165) is 5.56 Å². The molecule has 230 valence electrons. The predicted molar refractivity (Wildman–Crippen MR) is 176 cm³/mol. The van der Waals surface area contributed by atoms with Crippen molar-refractivity contribution in [2.24, 2.45) is 10.3 Å². The normalized spacial score (nSPS) is 15.8. The van der Waals surface area contributed by atoms with Crippen LogP contribution in [0.5, 0.6) is 11.5 Å². The van der Waals surface area contributed by atoms with Crippen LogP contribution >= 0.6 is 0 Å². The smallest absolute Gasteiger partial charge is 0.261 e. The Bertz CT molecular complexity index is 2200. The summed E-state index contributed by atoms with van der Waals surface area (Å²) in [5.41, 5.74) is 4.88. The van der Waals surface area contributed by atoms with E-state index in [1.165, 1.54) is 0 Å². The van der Waals surface area contributed by atoms with Crippen LogP contribution in [0.15, 0.2) is 117 Å². The Labute approximate surface area is 263 Å². The second-order valence-electron chi connectivity index (χ2n) is 11.6. The molecule has 4 aromatic carbocycles. The van der Waals surface area contributed by atoms with Gasteiger partial charge in [0.15, 0.2) is 0 Å². The lowest BCUT2D eigenvalue weighted by molar-refractivity contribution is 0.292. The number of nitrogens with one attached hydrogen (secondary N) is 1. The van der Waals surface area contributed by atoms with Gasteiger partial charge in [-0.1, -0.05) is 29.5 Å². The van der Waals surface area contributed by atoms with Crippen LogP contribution in [0.1, 0.15) is 19.3 Å². The molecule has 7 rings (SSSR count). The molecule has 3 heterocycles. The first-order chi connectivity index (χ1) is 22.4. The number of hydrogen-bond donors (Lipinski definition) is 3. The fourth-order valence-electron chi connectivity index (χ4n) is 6.03. The number of benzene rings is 4. The van der Waals surface area contributed by atoms with Crippen LogP contribution in [0.2, 0.25) is 0 Å². The summed E-state index contributed by atoms with van der Waals surface area (Å²) in [5.74, 6) is 1.29. The molecular formula is C35H31N7O4. The number of para-hydroxylation sites is 2. The molecule has 1 aliphatic rings. The minimum atomic E-state index is -0.647. The van der Waals surface area contributed by atoms with E-state index in [9.17, 15) is 19.8 Å². The third kappa shape index (κ3) is 5.47. The number of aromatic nitrogens is 4. The molecule has 2 aromatic heterocycles. The van der Waals surface area contributed by atoms with Crippen LogP contribution in [0.3, 0.4) is 0 Å². The molecule has 0 saturated carbocycles. The average molecular weight is 614 g/mol. The molecule has 0 saturated heterocycles. The first kappa shape index (κ1) is 28.9. The second-order valence-corrected chi connectivity index (χ2v) is 11.6. The largest absolute Gasteiger partial charge is 0.508 e. The highest BCUT2D eigenvalue weighted by molar-refractivity contribution is 5.80. The Balaban J connectivity index is 1.18. The summed E-state index contributed by atoms with van der Waals surface area (Å²) in [4.78, 5) is 37.2. The van der Waals surface area contributed by atoms with E-state index in [2.05, 4.69) is 15.8 Å². The summed E-state index contributed by atoms with van der Waals surface area (Å²) < 4.78 is 3.36. The van der Waals surface area contributed by atoms with Crippen LogP contribution in [0.25, 0.3) is 44.6 Å². The number of phenols is 2. The van der Waals surface area contributed by atoms with Gasteiger partial charge in [-0.2, -0.15) is 5.11 Å². The average Bonchev–Trinajstić information content (AvgIpc) is 3.54. The van der Waals surface area contributed by atoms with Gasteiger partial charge in [0.25, 0.3) is 11.1 Å². The number of nitrogens with zero attached hydrogens (tertiary/aromatic N) is 6. The highest BCUT2D eigenvalue weighted by Crippen LogP contribution is 2.28. The first-order valence-corrected chi connectivity index (χ1v) is 15.1. The van der Waals surface area contributed by atoms with Crippen molar-refractivity contribution in [3.05, 3.63) is 118 Å². The topological polar surface area (TPSA) is 147 Å². The maximum absolute atomic E-state index is 13.9. The quantitative estimate of drug-likeness (QED) is 0.184. The molecule has 0 radical (unpaired) electrons. The zero-order valence-corrected chi connectivity index (χ0v) is 24.9. The Morgan fingerprint density at radius 2 is 1.20 bits per heavy atom. The van der Waals surface area contributed by atoms with Crippen LogP contribution < -0.4 is 16.5 Å². The molecule has 11 heteroatoms. The first-order valence-electron chi connectivity index (χ1n) is 15.1. The van der Waals surface area contributed by atoms with Gasteiger partial charge in [0, 0.05) is 17.7 Å². The van der Waals surface area contributed by atoms with E-state index in [1.807, 2.05) is 36.4 Å². The molecule has 1 aliphatic heterocycles. The van der Waals surface area contributed by atoms with Gasteiger partial charge in [-0.25, -0.2) is 9.97 Å². The monoisotopic (exact) mass is 613 g/mol. The molecule has 0 bridgehead atoms. The van der Waals surface area contributed by atoms with Crippen molar-refractivity contribution in [3.63, 3.8) is 0 Å². The van der Waals surface area contributed by atoms with E-state index in [4.69, 9.17) is 9.97 Å². The Morgan fingerprint density at radius 1 is 0.674 bits per heavy atom. The zero-order chi connectivity index (χ0) is 31.7. The van der Waals surface area contributed by atoms with E-state index in [0.29, 0.717) is 71.4 Å². The standard InChI is InChI=1S/C35H31N7O4/c43-25-15-11-23(12-16-25)31-37-29-9-3-1-7-27(29)33(45)41(31)20-6-5-19-35(21-36-40-39-35)22-42-32(24-13-17-26(44)18-14-24)38-30-10-4-2-8-28(30)34(42)46/h1-4,7-18,43-44H,5-6,19-22H2,(H,36,39). The Morgan fingerprint density at radius 3 is 1.74 bits per heavy atom. The maximum atomic E-state index is 13.9. The van der Waals surface area contributed by atoms with Crippen molar-refractivity contribution in [1.82, 2.24) is 24.5 Å². The molecular weight excluding hydrogens is 582 g/mol. The van der Waals surface area contributed by atoms with Crippen molar-refractivity contribution in [1.29, 1.82) is 0 Å². The van der Waals surface area contributed by atoms with Crippen LogP contribution in [-0.2, 0) is 13.1 Å². The third-order valence-corrected chi connectivity index (χ3v) is 8.45. The van der Waals surface area contributed by atoms with Crippen molar-refractivity contribution in [3.8, 4) is 34.3 Å². The third-order valence-electron chi connectivity index (χ3n) is 8.45. The maximum Gasteiger partial charge on any atom is 0.261 e. The van der Waals surface area contributed by atoms with Crippen molar-refractivity contribution < 1.29 is 10.2 Å². The summed E-state index contributed by atoms with van der Waals surface area (Å²) in [6.45, 7) is 1.06. The number of unbranched alkanes of at least 4 members (excludes halogenated alkanes) is 1. The summed E-state index contributed by atoms with van der Waals surface area (Å²) >= 11 is 0. The van der Waals surface area contributed by atoms with Gasteiger partial charge in [0.2, 0.25) is 0 Å². The minimum Gasteiger partial charge on any atom is -0.508 e. The Hall–Kier alpha value is -5.84. The number of rotatable bonds is 9. The number of aromatic hydroxyl groups is 2. The fourth-order valence-corrected chi connectivity index (χ4v) is 6.03. The lowest BCUT2D eigenvalue weighted by atomic mass is 9.93. The second kappa shape index (κ2) is 11.9. The zero-order valence-electron chi connectivity index (χ0n) is 24.9. The van der Waals surface area contributed by atoms with Crippen molar-refractivity contribution >= 4 is 21.8 Å². The fraction of sp³-hybridized carbons (Fsp3) is 0.200. The summed E-state index contributed by atoms with van der Waals surface area (Å²) in [6, 6.07) is 27.8. The SMILES string of the molecule is O=c1c2ccccc2nc(-c2ccc(O)cc2)n1CCCCC1(Cn2c(-c3ccc(O)cc3)nc3ccccc3c2=O)CN=NN1. The van der Waals surface area contributed by atoms with E-state index in [-0.39, 0.29) is 29.2 Å². The molecule has 0 amide bonds. The van der Waals surface area contributed by atoms with Crippen LogP contribution in [0.4, 0.5) is 0 Å². The highest BCUT2D eigenvalue weighted by Gasteiger charge is 2.35. The number of fused-ring (bicyclic) bond motifs is 2. The molecule has 3 N–H and O–H groups in total. The molecule has 46 heavy (non-hydrogen) atoms. The molecule has 0 fully saturated rings. The lowest BCUT2D eigenvalue weighted by Crippen LogP contribution is -2.48. The molecule has 11 nitrogen and oxygen atoms in total. The van der Waals surface area contributed by atoms with E-state index < -0.39 is 5.54 Å². The molecule has 1 atom stereocenters.